The molecule has 0 radical (unpaired) electrons. The summed E-state index contributed by atoms with van der Waals surface area (Å²) in [6, 6.07) is 22.7. The number of benzene rings is 3. The second kappa shape index (κ2) is 11.3. The first-order valence-electron chi connectivity index (χ1n) is 10.2. The summed E-state index contributed by atoms with van der Waals surface area (Å²) in [7, 11) is 0. The van der Waals surface area contributed by atoms with Crippen molar-refractivity contribution in [1.29, 1.82) is 0 Å². The summed E-state index contributed by atoms with van der Waals surface area (Å²) in [4.78, 5) is 25.0. The van der Waals surface area contributed by atoms with E-state index >= 15 is 0 Å². The third-order valence-corrected chi connectivity index (χ3v) is 6.91. The lowest BCUT2D eigenvalue weighted by molar-refractivity contribution is -0.120. The molecule has 0 aliphatic carbocycles. The Bertz CT molecular complexity index is 1370. The monoisotopic (exact) mass is 555 g/mol. The number of carbonyl (C=O) groups excluding carboxylic acids is 2. The Balaban J connectivity index is 1.30. The molecule has 172 valence electrons. The summed E-state index contributed by atoms with van der Waals surface area (Å²) in [5.74, 6) is -0.237. The first kappa shape index (κ1) is 23.9. The number of ether oxygens (including phenoxy) is 1. The van der Waals surface area contributed by atoms with Crippen molar-refractivity contribution >= 4 is 67.0 Å². The molecule has 3 aromatic carbocycles. The highest BCUT2D eigenvalue weighted by Gasteiger charge is 2.17. The molecule has 2 N–H and O–H groups in total. The summed E-state index contributed by atoms with van der Waals surface area (Å²) < 4.78 is 7.80. The van der Waals surface area contributed by atoms with Crippen LogP contribution in [0.2, 0.25) is 5.02 Å². The third kappa shape index (κ3) is 6.02. The smallest absolute Gasteiger partial charge is 0.263 e. The van der Waals surface area contributed by atoms with E-state index in [0.29, 0.717) is 27.8 Å². The maximum Gasteiger partial charge on any atom is 0.263 e. The second-order valence-corrected chi connectivity index (χ2v) is 9.52. The minimum absolute atomic E-state index is 0.234. The molecule has 0 saturated carbocycles. The van der Waals surface area contributed by atoms with Gasteiger partial charge < -0.3 is 10.1 Å². The van der Waals surface area contributed by atoms with E-state index in [9.17, 15) is 9.59 Å². The minimum Gasteiger partial charge on any atom is -0.488 e. The second-order valence-electron chi connectivity index (χ2n) is 7.17. The topological polar surface area (TPSA) is 79.8 Å². The van der Waals surface area contributed by atoms with Crippen molar-refractivity contribution in [3.05, 3.63) is 98.3 Å². The fourth-order valence-corrected chi connectivity index (χ4v) is 5.00. The van der Waals surface area contributed by atoms with Crippen molar-refractivity contribution < 1.29 is 14.3 Å². The van der Waals surface area contributed by atoms with Crippen LogP contribution in [0.1, 0.15) is 20.8 Å². The Labute approximate surface area is 213 Å². The van der Waals surface area contributed by atoms with E-state index in [1.54, 1.807) is 0 Å². The van der Waals surface area contributed by atoms with Crippen LogP contribution >= 0.6 is 38.9 Å². The molecule has 4 aromatic rings. The standard InChI is InChI=1S/C25H19BrClN3O3S/c26-18-8-5-6-16(12-18)15-33-20-10-3-1-7-17(20)13-29-30-22(31)14-28-25(32)24-23(27)19-9-2-4-11-21(19)34-24/h1-13H,14-15H2,(H,28,32)(H,30,31). The Morgan fingerprint density at radius 3 is 2.68 bits per heavy atom. The molecule has 0 atom stereocenters. The molecule has 1 aromatic heterocycles. The van der Waals surface area contributed by atoms with Gasteiger partial charge in [0.05, 0.1) is 17.8 Å². The zero-order valence-electron chi connectivity index (χ0n) is 17.8. The number of hydrogen-bond acceptors (Lipinski definition) is 5. The molecule has 9 heteroatoms. The van der Waals surface area contributed by atoms with Crippen LogP contribution in [0, 0.1) is 0 Å². The maximum absolute atomic E-state index is 12.5. The first-order valence-corrected chi connectivity index (χ1v) is 12.2. The molecule has 0 fully saturated rings. The van der Waals surface area contributed by atoms with Gasteiger partial charge in [0.25, 0.3) is 11.8 Å². The molecule has 0 aliphatic rings. The summed E-state index contributed by atoms with van der Waals surface area (Å²) in [5.41, 5.74) is 4.14. The average molecular weight is 557 g/mol. The molecule has 6 nitrogen and oxygen atoms in total. The average Bonchev–Trinajstić information content (AvgIpc) is 3.18. The minimum atomic E-state index is -0.464. The largest absolute Gasteiger partial charge is 0.488 e. The lowest BCUT2D eigenvalue weighted by Gasteiger charge is -2.09. The summed E-state index contributed by atoms with van der Waals surface area (Å²) in [6.07, 6.45) is 1.50. The van der Waals surface area contributed by atoms with E-state index in [4.69, 9.17) is 16.3 Å². The van der Waals surface area contributed by atoms with Gasteiger partial charge in [0.2, 0.25) is 0 Å². The van der Waals surface area contributed by atoms with E-state index in [1.165, 1.54) is 17.6 Å². The van der Waals surface area contributed by atoms with Gasteiger partial charge in [-0.05, 0) is 35.9 Å². The van der Waals surface area contributed by atoms with E-state index in [0.717, 1.165) is 20.1 Å². The van der Waals surface area contributed by atoms with Crippen LogP contribution in [-0.2, 0) is 11.4 Å². The number of hydrogen-bond donors (Lipinski definition) is 2. The Morgan fingerprint density at radius 1 is 1.06 bits per heavy atom. The maximum atomic E-state index is 12.5. The van der Waals surface area contributed by atoms with Crippen LogP contribution in [0.4, 0.5) is 0 Å². The lowest BCUT2D eigenvalue weighted by atomic mass is 10.2. The zero-order chi connectivity index (χ0) is 23.9. The van der Waals surface area contributed by atoms with Gasteiger partial charge in [-0.15, -0.1) is 11.3 Å². The van der Waals surface area contributed by atoms with Gasteiger partial charge in [-0.2, -0.15) is 5.10 Å². The zero-order valence-corrected chi connectivity index (χ0v) is 20.9. The van der Waals surface area contributed by atoms with Crippen molar-refractivity contribution in [3.63, 3.8) is 0 Å². The molecule has 0 unspecified atom stereocenters. The molecular weight excluding hydrogens is 538 g/mol. The van der Waals surface area contributed by atoms with E-state index in [-0.39, 0.29) is 6.54 Å². The number of thiophene rings is 1. The van der Waals surface area contributed by atoms with Gasteiger partial charge in [-0.1, -0.05) is 70.0 Å². The van der Waals surface area contributed by atoms with Gasteiger partial charge in [0.15, 0.2) is 0 Å². The third-order valence-electron chi connectivity index (χ3n) is 4.75. The lowest BCUT2D eigenvalue weighted by Crippen LogP contribution is -2.34. The van der Waals surface area contributed by atoms with Crippen molar-refractivity contribution in [2.75, 3.05) is 6.54 Å². The number of fused-ring (bicyclic) bond motifs is 1. The van der Waals surface area contributed by atoms with Crippen molar-refractivity contribution in [2.24, 2.45) is 5.10 Å². The van der Waals surface area contributed by atoms with Gasteiger partial charge in [-0.25, -0.2) is 5.43 Å². The number of rotatable bonds is 8. The van der Waals surface area contributed by atoms with Crippen molar-refractivity contribution in [1.82, 2.24) is 10.7 Å². The number of amides is 2. The summed E-state index contributed by atoms with van der Waals surface area (Å²) in [6.45, 7) is 0.157. The molecule has 0 aliphatic heterocycles. The predicted octanol–water partition coefficient (Wildman–Crippen LogP) is 5.78. The Hall–Kier alpha value is -3.20. The van der Waals surface area contributed by atoms with E-state index < -0.39 is 11.8 Å². The molecule has 1 heterocycles. The fourth-order valence-electron chi connectivity index (χ4n) is 3.12. The van der Waals surface area contributed by atoms with Crippen molar-refractivity contribution in [3.8, 4) is 5.75 Å². The van der Waals surface area contributed by atoms with Gasteiger partial charge in [0, 0.05) is 20.1 Å². The Morgan fingerprint density at radius 2 is 1.85 bits per heavy atom. The van der Waals surface area contributed by atoms with Crippen LogP contribution in [0.25, 0.3) is 10.1 Å². The molecule has 2 amide bonds. The molecule has 34 heavy (non-hydrogen) atoms. The number of halogens is 2. The first-order chi connectivity index (χ1) is 16.5. The molecule has 0 bridgehead atoms. The van der Waals surface area contributed by atoms with Crippen LogP contribution in [0.5, 0.6) is 5.75 Å². The summed E-state index contributed by atoms with van der Waals surface area (Å²) in [5, 5.41) is 7.76. The normalized spacial score (nSPS) is 11.0. The van der Waals surface area contributed by atoms with Crippen LogP contribution < -0.4 is 15.5 Å². The molecular formula is C25H19BrClN3O3S. The van der Waals surface area contributed by atoms with Gasteiger partial charge in [-0.3, -0.25) is 9.59 Å². The number of para-hydroxylation sites is 1. The van der Waals surface area contributed by atoms with E-state index in [1.807, 2.05) is 72.8 Å². The van der Waals surface area contributed by atoms with Gasteiger partial charge in [0.1, 0.15) is 17.2 Å². The van der Waals surface area contributed by atoms with Crippen LogP contribution in [0.3, 0.4) is 0 Å². The molecule has 0 spiro atoms. The van der Waals surface area contributed by atoms with Crippen LogP contribution in [-0.4, -0.2) is 24.6 Å². The quantitative estimate of drug-likeness (QED) is 0.213. The molecule has 4 rings (SSSR count). The predicted molar refractivity (Wildman–Crippen MR) is 140 cm³/mol. The number of nitrogens with one attached hydrogen (secondary N) is 2. The van der Waals surface area contributed by atoms with Crippen molar-refractivity contribution in [2.45, 2.75) is 6.61 Å². The van der Waals surface area contributed by atoms with E-state index in [2.05, 4.69) is 31.8 Å². The SMILES string of the molecule is O=C(CNC(=O)c1sc2ccccc2c1Cl)NN=Cc1ccccc1OCc1cccc(Br)c1. The number of hydrazone groups is 1. The summed E-state index contributed by atoms with van der Waals surface area (Å²) >= 11 is 11.0. The highest BCUT2D eigenvalue weighted by Crippen LogP contribution is 2.34. The van der Waals surface area contributed by atoms with Crippen LogP contribution in [0.15, 0.2) is 82.4 Å². The number of nitrogens with zero attached hydrogens (tertiary/aromatic N) is 1. The number of carbonyl (C=O) groups is 2. The fraction of sp³-hybridized carbons (Fsp3) is 0.0800. The molecule has 0 saturated heterocycles. The highest BCUT2D eigenvalue weighted by molar-refractivity contribution is 9.10. The van der Waals surface area contributed by atoms with Gasteiger partial charge >= 0.3 is 0 Å². The highest BCUT2D eigenvalue weighted by atomic mass is 79.9. The Kier molecular flexibility index (Phi) is 7.95.